The van der Waals surface area contributed by atoms with E-state index in [1.54, 1.807) is 6.20 Å². The Bertz CT molecular complexity index is 1040. The molecule has 28 heavy (non-hydrogen) atoms. The highest BCUT2D eigenvalue weighted by Crippen LogP contribution is 2.25. The monoisotopic (exact) mass is 371 g/mol. The molecule has 0 fully saturated rings. The van der Waals surface area contributed by atoms with E-state index in [-0.39, 0.29) is 6.04 Å². The molecule has 3 aromatic heterocycles. The van der Waals surface area contributed by atoms with Gasteiger partial charge in [-0.2, -0.15) is 5.10 Å². The normalized spacial score (nSPS) is 11.9. The first-order valence-corrected chi connectivity index (χ1v) is 9.22. The Balaban J connectivity index is 1.74. The maximum absolute atomic E-state index is 4.70. The van der Waals surface area contributed by atoms with Gasteiger partial charge in [-0.3, -0.25) is 10.1 Å². The Morgan fingerprint density at radius 1 is 1.00 bits per heavy atom. The second kappa shape index (κ2) is 7.96. The summed E-state index contributed by atoms with van der Waals surface area (Å²) in [7, 11) is 0. The molecule has 0 aliphatic carbocycles. The molecule has 1 aromatic carbocycles. The van der Waals surface area contributed by atoms with E-state index in [0.717, 1.165) is 29.2 Å². The first-order chi connectivity index (χ1) is 13.7. The SMILES string of the molecule is CCc1cc(NC(c2ccccc2)c2n[nH]c(C)n2)nc(-c2ccccn2)n1. The molecule has 0 aliphatic rings. The van der Waals surface area contributed by atoms with Crippen molar-refractivity contribution in [2.45, 2.75) is 26.3 Å². The van der Waals surface area contributed by atoms with E-state index in [2.05, 4.69) is 37.4 Å². The number of anilines is 1. The van der Waals surface area contributed by atoms with Crippen LogP contribution < -0.4 is 5.32 Å². The first-order valence-electron chi connectivity index (χ1n) is 9.22. The van der Waals surface area contributed by atoms with E-state index in [4.69, 9.17) is 4.98 Å². The molecule has 1 unspecified atom stereocenters. The van der Waals surface area contributed by atoms with Gasteiger partial charge in [-0.1, -0.05) is 43.3 Å². The molecule has 4 aromatic rings. The topological polar surface area (TPSA) is 92.3 Å². The largest absolute Gasteiger partial charge is 0.356 e. The quantitative estimate of drug-likeness (QED) is 0.536. The average molecular weight is 371 g/mol. The minimum atomic E-state index is -0.234. The van der Waals surface area contributed by atoms with Crippen LogP contribution in [-0.2, 0) is 6.42 Å². The van der Waals surface area contributed by atoms with Crippen molar-refractivity contribution < 1.29 is 0 Å². The molecule has 140 valence electrons. The van der Waals surface area contributed by atoms with Crippen molar-refractivity contribution in [2.75, 3.05) is 5.32 Å². The Kier molecular flexibility index (Phi) is 5.05. The molecular formula is C21H21N7. The van der Waals surface area contributed by atoms with Crippen LogP contribution in [0.3, 0.4) is 0 Å². The summed E-state index contributed by atoms with van der Waals surface area (Å²) in [6.07, 6.45) is 2.54. The predicted molar refractivity (Wildman–Crippen MR) is 108 cm³/mol. The maximum Gasteiger partial charge on any atom is 0.180 e. The van der Waals surface area contributed by atoms with Crippen LogP contribution in [0.1, 0.15) is 35.9 Å². The van der Waals surface area contributed by atoms with Crippen molar-refractivity contribution in [2.24, 2.45) is 0 Å². The highest BCUT2D eigenvalue weighted by molar-refractivity contribution is 5.54. The fraction of sp³-hybridized carbons (Fsp3) is 0.190. The van der Waals surface area contributed by atoms with E-state index in [1.165, 1.54) is 0 Å². The van der Waals surface area contributed by atoms with Gasteiger partial charge in [0.1, 0.15) is 23.4 Å². The highest BCUT2D eigenvalue weighted by Gasteiger charge is 2.20. The molecule has 0 bridgehead atoms. The van der Waals surface area contributed by atoms with Crippen molar-refractivity contribution in [3.05, 3.63) is 83.7 Å². The van der Waals surface area contributed by atoms with Gasteiger partial charge in [0.25, 0.3) is 0 Å². The summed E-state index contributed by atoms with van der Waals surface area (Å²) < 4.78 is 0. The number of rotatable bonds is 6. The Labute approximate surface area is 163 Å². The van der Waals surface area contributed by atoms with Crippen LogP contribution in [0.4, 0.5) is 5.82 Å². The smallest absolute Gasteiger partial charge is 0.180 e. The van der Waals surface area contributed by atoms with Crippen molar-refractivity contribution in [1.29, 1.82) is 0 Å². The van der Waals surface area contributed by atoms with Crippen LogP contribution in [0, 0.1) is 6.92 Å². The third kappa shape index (κ3) is 3.88. The van der Waals surface area contributed by atoms with Gasteiger partial charge >= 0.3 is 0 Å². The second-order valence-corrected chi connectivity index (χ2v) is 6.40. The van der Waals surface area contributed by atoms with Crippen molar-refractivity contribution in [3.63, 3.8) is 0 Å². The number of hydrogen-bond acceptors (Lipinski definition) is 6. The van der Waals surface area contributed by atoms with E-state index in [9.17, 15) is 0 Å². The number of hydrogen-bond donors (Lipinski definition) is 2. The van der Waals surface area contributed by atoms with Crippen LogP contribution in [0.5, 0.6) is 0 Å². The minimum absolute atomic E-state index is 0.234. The Morgan fingerprint density at radius 3 is 2.50 bits per heavy atom. The molecule has 0 radical (unpaired) electrons. The van der Waals surface area contributed by atoms with Gasteiger partial charge in [-0.05, 0) is 31.0 Å². The molecule has 7 heteroatoms. The lowest BCUT2D eigenvalue weighted by Gasteiger charge is -2.18. The van der Waals surface area contributed by atoms with Crippen molar-refractivity contribution in [1.82, 2.24) is 30.1 Å². The van der Waals surface area contributed by atoms with Crippen molar-refractivity contribution in [3.8, 4) is 11.5 Å². The number of nitrogens with zero attached hydrogens (tertiary/aromatic N) is 5. The van der Waals surface area contributed by atoms with Crippen molar-refractivity contribution >= 4 is 5.82 Å². The van der Waals surface area contributed by atoms with Gasteiger partial charge in [0, 0.05) is 18.0 Å². The number of H-pyrrole nitrogens is 1. The predicted octanol–water partition coefficient (Wildman–Crippen LogP) is 3.73. The van der Waals surface area contributed by atoms with Crippen LogP contribution in [0.2, 0.25) is 0 Å². The maximum atomic E-state index is 4.70. The summed E-state index contributed by atoms with van der Waals surface area (Å²) in [5, 5.41) is 10.8. The van der Waals surface area contributed by atoms with E-state index >= 15 is 0 Å². The van der Waals surface area contributed by atoms with Gasteiger partial charge < -0.3 is 5.32 Å². The van der Waals surface area contributed by atoms with Crippen LogP contribution >= 0.6 is 0 Å². The molecule has 3 heterocycles. The summed E-state index contributed by atoms with van der Waals surface area (Å²) in [6.45, 7) is 3.96. The lowest BCUT2D eigenvalue weighted by Crippen LogP contribution is -2.16. The van der Waals surface area contributed by atoms with Gasteiger partial charge in [-0.15, -0.1) is 0 Å². The third-order valence-electron chi connectivity index (χ3n) is 4.33. The van der Waals surface area contributed by atoms with Gasteiger partial charge in [0.05, 0.1) is 0 Å². The summed E-state index contributed by atoms with van der Waals surface area (Å²) in [5.41, 5.74) is 2.74. The zero-order chi connectivity index (χ0) is 19.3. The third-order valence-corrected chi connectivity index (χ3v) is 4.33. The molecule has 0 spiro atoms. The molecule has 0 saturated carbocycles. The highest BCUT2D eigenvalue weighted by atomic mass is 15.2. The first kappa shape index (κ1) is 17.8. The molecule has 2 N–H and O–H groups in total. The van der Waals surface area contributed by atoms with E-state index < -0.39 is 0 Å². The number of benzene rings is 1. The molecule has 4 rings (SSSR count). The summed E-state index contributed by atoms with van der Waals surface area (Å²) in [4.78, 5) is 18.2. The van der Waals surface area contributed by atoms with Crippen LogP contribution in [-0.4, -0.2) is 30.1 Å². The zero-order valence-electron chi connectivity index (χ0n) is 15.8. The average Bonchev–Trinajstić information content (AvgIpc) is 3.19. The molecule has 7 nitrogen and oxygen atoms in total. The number of nitrogens with one attached hydrogen (secondary N) is 2. The fourth-order valence-electron chi connectivity index (χ4n) is 2.94. The Morgan fingerprint density at radius 2 is 1.82 bits per heavy atom. The van der Waals surface area contributed by atoms with E-state index in [0.29, 0.717) is 17.5 Å². The number of aromatic nitrogens is 6. The summed E-state index contributed by atoms with van der Waals surface area (Å²) in [5.74, 6) is 2.74. The molecular weight excluding hydrogens is 350 g/mol. The zero-order valence-corrected chi connectivity index (χ0v) is 15.8. The van der Waals surface area contributed by atoms with Gasteiger partial charge in [0.2, 0.25) is 0 Å². The molecule has 0 saturated heterocycles. The van der Waals surface area contributed by atoms with Crippen LogP contribution in [0.15, 0.2) is 60.8 Å². The lowest BCUT2D eigenvalue weighted by atomic mass is 10.1. The van der Waals surface area contributed by atoms with Crippen LogP contribution in [0.25, 0.3) is 11.5 Å². The number of pyridine rings is 1. The fourth-order valence-corrected chi connectivity index (χ4v) is 2.94. The number of aromatic amines is 1. The second-order valence-electron chi connectivity index (χ2n) is 6.40. The molecule has 1 atom stereocenters. The van der Waals surface area contributed by atoms with Gasteiger partial charge in [-0.25, -0.2) is 15.0 Å². The lowest BCUT2D eigenvalue weighted by molar-refractivity contribution is 0.827. The van der Waals surface area contributed by atoms with Gasteiger partial charge in [0.15, 0.2) is 11.6 Å². The standard InChI is InChI=1S/C21H21N7/c1-3-16-13-18(26-20(24-16)17-11-7-8-12-22-17)25-19(15-9-5-4-6-10-15)21-23-14(2)27-28-21/h4-13,19H,3H2,1-2H3,(H,23,27,28)(H,24,25,26). The minimum Gasteiger partial charge on any atom is -0.356 e. The molecule has 0 amide bonds. The molecule has 0 aliphatic heterocycles. The van der Waals surface area contributed by atoms with E-state index in [1.807, 2.05) is 61.5 Å². The Hall–Kier alpha value is -3.61. The summed E-state index contributed by atoms with van der Waals surface area (Å²) >= 11 is 0. The summed E-state index contributed by atoms with van der Waals surface area (Å²) in [6, 6.07) is 17.5. The number of aryl methyl sites for hydroxylation is 2.